The summed E-state index contributed by atoms with van der Waals surface area (Å²) >= 11 is 13.6. The van der Waals surface area contributed by atoms with E-state index in [0.717, 1.165) is 11.3 Å². The van der Waals surface area contributed by atoms with Crippen LogP contribution in [0.5, 0.6) is 11.5 Å². The molecule has 2 aromatic rings. The highest BCUT2D eigenvalue weighted by Crippen LogP contribution is 2.32. The largest absolute Gasteiger partial charge is 0.454 e. The second-order valence-corrected chi connectivity index (χ2v) is 8.17. The predicted octanol–water partition coefficient (Wildman–Crippen LogP) is 3.89. The molecule has 9 heteroatoms. The lowest BCUT2D eigenvalue weighted by atomic mass is 10.1. The molecule has 29 heavy (non-hydrogen) atoms. The number of hydrogen-bond acceptors (Lipinski definition) is 5. The number of hydrogen-bond donors (Lipinski definition) is 2. The molecule has 0 saturated carbocycles. The summed E-state index contributed by atoms with van der Waals surface area (Å²) in [6.07, 6.45) is 2.44. The van der Waals surface area contributed by atoms with E-state index in [1.54, 1.807) is 23.9 Å². The number of carbonyl (C=O) groups excluding carboxylic acids is 2. The molecular weight excluding hydrogens is 435 g/mol. The summed E-state index contributed by atoms with van der Waals surface area (Å²) in [5, 5.41) is 6.31. The minimum atomic E-state index is -0.685. The van der Waals surface area contributed by atoms with Gasteiger partial charge < -0.3 is 20.1 Å². The van der Waals surface area contributed by atoms with Crippen LogP contribution in [0.25, 0.3) is 0 Å². The normalized spacial score (nSPS) is 13.1. The fourth-order valence-corrected chi connectivity index (χ4v) is 3.74. The Kier molecular flexibility index (Phi) is 7.52. The van der Waals surface area contributed by atoms with E-state index >= 15 is 0 Å². The topological polar surface area (TPSA) is 76.7 Å². The lowest BCUT2D eigenvalue weighted by Crippen LogP contribution is -2.47. The van der Waals surface area contributed by atoms with Gasteiger partial charge in [-0.25, -0.2) is 0 Å². The van der Waals surface area contributed by atoms with E-state index < -0.39 is 11.9 Å². The molecular formula is C20H20Cl2N2O4S. The third-order valence-corrected chi connectivity index (χ3v) is 5.50. The first-order valence-corrected chi connectivity index (χ1v) is 11.0. The number of benzene rings is 2. The molecule has 0 fully saturated rings. The van der Waals surface area contributed by atoms with Crippen molar-refractivity contribution in [3.05, 3.63) is 57.6 Å². The van der Waals surface area contributed by atoms with Gasteiger partial charge >= 0.3 is 0 Å². The van der Waals surface area contributed by atoms with Crippen LogP contribution in [0, 0.1) is 0 Å². The maximum Gasteiger partial charge on any atom is 0.253 e. The monoisotopic (exact) mass is 454 g/mol. The minimum absolute atomic E-state index is 0.196. The Hall–Kier alpha value is -2.09. The minimum Gasteiger partial charge on any atom is -0.454 e. The van der Waals surface area contributed by atoms with E-state index in [-0.39, 0.29) is 23.3 Å². The van der Waals surface area contributed by atoms with Gasteiger partial charge in [0.1, 0.15) is 6.04 Å². The summed E-state index contributed by atoms with van der Waals surface area (Å²) in [6.45, 7) is 0.504. The highest BCUT2D eigenvalue weighted by Gasteiger charge is 2.22. The number of carbonyl (C=O) groups is 2. The van der Waals surface area contributed by atoms with Crippen molar-refractivity contribution in [2.24, 2.45) is 0 Å². The zero-order valence-electron chi connectivity index (χ0n) is 15.7. The van der Waals surface area contributed by atoms with Crippen LogP contribution in [0.1, 0.15) is 22.3 Å². The maximum atomic E-state index is 12.7. The fraction of sp³-hybridized carbons (Fsp3) is 0.300. The molecule has 2 aromatic carbocycles. The zero-order chi connectivity index (χ0) is 20.8. The Bertz CT molecular complexity index is 910. The number of thioether (sulfide) groups is 1. The van der Waals surface area contributed by atoms with Gasteiger partial charge in [0, 0.05) is 11.6 Å². The number of fused-ring (bicyclic) bond motifs is 1. The van der Waals surface area contributed by atoms with Crippen LogP contribution in [0.2, 0.25) is 10.0 Å². The van der Waals surface area contributed by atoms with Crippen LogP contribution in [-0.4, -0.2) is 36.7 Å². The highest BCUT2D eigenvalue weighted by molar-refractivity contribution is 7.98. The van der Waals surface area contributed by atoms with Crippen molar-refractivity contribution in [1.82, 2.24) is 10.6 Å². The van der Waals surface area contributed by atoms with Gasteiger partial charge in [0.25, 0.3) is 5.91 Å². The van der Waals surface area contributed by atoms with Crippen LogP contribution >= 0.6 is 35.0 Å². The second-order valence-electron chi connectivity index (χ2n) is 6.34. The predicted molar refractivity (Wildman–Crippen MR) is 115 cm³/mol. The Morgan fingerprint density at radius 2 is 1.93 bits per heavy atom. The number of amides is 2. The molecule has 1 aliphatic rings. The van der Waals surface area contributed by atoms with Crippen molar-refractivity contribution in [2.45, 2.75) is 19.0 Å². The molecule has 6 nitrogen and oxygen atoms in total. The van der Waals surface area contributed by atoms with E-state index in [0.29, 0.717) is 29.5 Å². The van der Waals surface area contributed by atoms with Crippen LogP contribution < -0.4 is 20.1 Å². The van der Waals surface area contributed by atoms with Crippen LogP contribution in [0.15, 0.2) is 36.4 Å². The maximum absolute atomic E-state index is 12.7. The Balaban J connectivity index is 1.63. The lowest BCUT2D eigenvalue weighted by molar-refractivity contribution is -0.123. The second kappa shape index (κ2) is 10.1. The average molecular weight is 455 g/mol. The number of nitrogens with one attached hydrogen (secondary N) is 2. The first-order valence-electron chi connectivity index (χ1n) is 8.89. The number of rotatable bonds is 8. The first-order chi connectivity index (χ1) is 14.0. The van der Waals surface area contributed by atoms with Gasteiger partial charge in [-0.05, 0) is 54.3 Å². The molecule has 1 atom stereocenters. The van der Waals surface area contributed by atoms with Crippen molar-refractivity contribution < 1.29 is 19.1 Å². The van der Waals surface area contributed by atoms with Gasteiger partial charge in [-0.1, -0.05) is 29.3 Å². The Labute approximate surface area is 183 Å². The molecule has 1 unspecified atom stereocenters. The average Bonchev–Trinajstić information content (AvgIpc) is 3.17. The van der Waals surface area contributed by atoms with Gasteiger partial charge in [-0.15, -0.1) is 0 Å². The van der Waals surface area contributed by atoms with Crippen molar-refractivity contribution in [2.75, 3.05) is 18.8 Å². The third kappa shape index (κ3) is 5.72. The Morgan fingerprint density at radius 3 is 2.69 bits per heavy atom. The summed E-state index contributed by atoms with van der Waals surface area (Å²) in [5.74, 6) is 1.37. The van der Waals surface area contributed by atoms with Gasteiger partial charge in [0.15, 0.2) is 11.5 Å². The summed E-state index contributed by atoms with van der Waals surface area (Å²) in [5.41, 5.74) is 1.15. The smallest absolute Gasteiger partial charge is 0.253 e. The summed E-state index contributed by atoms with van der Waals surface area (Å²) in [6, 6.07) is 9.42. The SMILES string of the molecule is CSCCC(NC(=O)c1ccc(Cl)cc1Cl)C(=O)NCc1ccc2c(c1)OCO2. The van der Waals surface area contributed by atoms with E-state index in [2.05, 4.69) is 10.6 Å². The Morgan fingerprint density at radius 1 is 1.14 bits per heavy atom. The zero-order valence-corrected chi connectivity index (χ0v) is 18.0. The molecule has 0 aliphatic carbocycles. The molecule has 0 radical (unpaired) electrons. The van der Waals surface area contributed by atoms with Gasteiger partial charge in [0.05, 0.1) is 10.6 Å². The highest BCUT2D eigenvalue weighted by atomic mass is 35.5. The van der Waals surface area contributed by atoms with Gasteiger partial charge in [-0.3, -0.25) is 9.59 Å². The van der Waals surface area contributed by atoms with Gasteiger partial charge in [0.2, 0.25) is 12.7 Å². The first kappa shape index (κ1) is 21.6. The summed E-state index contributed by atoms with van der Waals surface area (Å²) < 4.78 is 10.6. The molecule has 2 amide bonds. The van der Waals surface area contributed by atoms with Crippen molar-refractivity contribution in [3.8, 4) is 11.5 Å². The third-order valence-electron chi connectivity index (χ3n) is 4.31. The molecule has 0 bridgehead atoms. The van der Waals surface area contributed by atoms with Gasteiger partial charge in [-0.2, -0.15) is 11.8 Å². The molecule has 1 heterocycles. The van der Waals surface area contributed by atoms with Crippen molar-refractivity contribution in [3.63, 3.8) is 0 Å². The molecule has 154 valence electrons. The molecule has 0 saturated heterocycles. The van der Waals surface area contributed by atoms with Crippen LogP contribution in [0.3, 0.4) is 0 Å². The fourth-order valence-electron chi connectivity index (χ4n) is 2.78. The van der Waals surface area contributed by atoms with Crippen molar-refractivity contribution >= 4 is 46.8 Å². The molecule has 0 aromatic heterocycles. The molecule has 3 rings (SSSR count). The molecule has 2 N–H and O–H groups in total. The van der Waals surface area contributed by atoms with Crippen LogP contribution in [0.4, 0.5) is 0 Å². The lowest BCUT2D eigenvalue weighted by Gasteiger charge is -2.19. The van der Waals surface area contributed by atoms with E-state index in [1.165, 1.54) is 12.1 Å². The van der Waals surface area contributed by atoms with Crippen molar-refractivity contribution in [1.29, 1.82) is 0 Å². The van der Waals surface area contributed by atoms with E-state index in [1.807, 2.05) is 18.4 Å². The molecule has 0 spiro atoms. The standard InChI is InChI=1S/C20H20Cl2N2O4S/c1-29-7-6-16(24-19(25)14-4-3-13(21)9-15(14)22)20(26)23-10-12-2-5-17-18(8-12)28-11-27-17/h2-5,8-9,16H,6-7,10-11H2,1H3,(H,23,26)(H,24,25). The van der Waals surface area contributed by atoms with E-state index in [4.69, 9.17) is 32.7 Å². The summed E-state index contributed by atoms with van der Waals surface area (Å²) in [4.78, 5) is 25.3. The summed E-state index contributed by atoms with van der Waals surface area (Å²) in [7, 11) is 0. The quantitative estimate of drug-likeness (QED) is 0.632. The molecule has 1 aliphatic heterocycles. The number of halogens is 2. The van der Waals surface area contributed by atoms with Crippen LogP contribution in [-0.2, 0) is 11.3 Å². The van der Waals surface area contributed by atoms with E-state index in [9.17, 15) is 9.59 Å². The number of ether oxygens (including phenoxy) is 2.